The second-order valence-electron chi connectivity index (χ2n) is 5.26. The SMILES string of the molecule is COc1ccnc2c1c(OB(O)O)cn2S(=O)(=O)c1ccc(C)cc1. The van der Waals surface area contributed by atoms with E-state index in [1.807, 2.05) is 6.92 Å². The summed E-state index contributed by atoms with van der Waals surface area (Å²) in [6.07, 6.45) is 2.52. The topological polar surface area (TPSA) is 111 Å². The quantitative estimate of drug-likeness (QED) is 0.650. The predicted molar refractivity (Wildman–Crippen MR) is 90.9 cm³/mol. The standard InChI is InChI=1S/C15H15BN2O6S/c1-10-3-5-11(6-4-10)25(21,22)18-9-13(24-16(19)20)14-12(23-2)7-8-17-15(14)18/h3-9,19-20H,1-2H3. The molecule has 0 spiro atoms. The summed E-state index contributed by atoms with van der Waals surface area (Å²) in [5.41, 5.74) is 0.971. The van der Waals surface area contributed by atoms with Crippen LogP contribution in [-0.2, 0) is 10.0 Å². The number of hydrogen-bond donors (Lipinski definition) is 2. The molecule has 25 heavy (non-hydrogen) atoms. The van der Waals surface area contributed by atoms with E-state index in [0.717, 1.165) is 15.7 Å². The molecule has 3 aromatic rings. The van der Waals surface area contributed by atoms with Crippen molar-refractivity contribution in [1.82, 2.24) is 8.96 Å². The van der Waals surface area contributed by atoms with Gasteiger partial charge in [-0.05, 0) is 25.1 Å². The normalized spacial score (nSPS) is 11.5. The van der Waals surface area contributed by atoms with Crippen molar-refractivity contribution in [2.24, 2.45) is 0 Å². The van der Waals surface area contributed by atoms with Gasteiger partial charge in [-0.3, -0.25) is 0 Å². The Morgan fingerprint density at radius 1 is 1.12 bits per heavy atom. The molecule has 1 aromatic carbocycles. The smallest absolute Gasteiger partial charge is 0.510 e. The molecule has 0 bridgehead atoms. The number of pyridine rings is 1. The van der Waals surface area contributed by atoms with Crippen molar-refractivity contribution in [3.63, 3.8) is 0 Å². The van der Waals surface area contributed by atoms with Gasteiger partial charge in [-0.15, -0.1) is 0 Å². The minimum Gasteiger partial charge on any atom is -0.510 e. The molecule has 0 atom stereocenters. The van der Waals surface area contributed by atoms with Crippen molar-refractivity contribution in [3.05, 3.63) is 48.3 Å². The van der Waals surface area contributed by atoms with E-state index in [9.17, 15) is 8.42 Å². The van der Waals surface area contributed by atoms with Gasteiger partial charge in [0.15, 0.2) is 5.65 Å². The summed E-state index contributed by atoms with van der Waals surface area (Å²) in [5, 5.41) is 18.4. The van der Waals surface area contributed by atoms with Gasteiger partial charge in [-0.2, -0.15) is 0 Å². The van der Waals surface area contributed by atoms with Gasteiger partial charge in [0.25, 0.3) is 10.0 Å². The van der Waals surface area contributed by atoms with Crippen LogP contribution >= 0.6 is 0 Å². The van der Waals surface area contributed by atoms with Crippen LogP contribution in [0.4, 0.5) is 0 Å². The molecule has 2 heterocycles. The van der Waals surface area contributed by atoms with Gasteiger partial charge in [-0.1, -0.05) is 17.7 Å². The van der Waals surface area contributed by atoms with Crippen molar-refractivity contribution >= 4 is 28.4 Å². The van der Waals surface area contributed by atoms with Crippen LogP contribution in [0, 0.1) is 6.92 Å². The van der Waals surface area contributed by atoms with Crippen molar-refractivity contribution in [1.29, 1.82) is 0 Å². The molecule has 0 unspecified atom stereocenters. The molecule has 0 aliphatic rings. The Morgan fingerprint density at radius 3 is 2.40 bits per heavy atom. The Labute approximate surface area is 144 Å². The Kier molecular flexibility index (Phi) is 4.42. The van der Waals surface area contributed by atoms with Crippen LogP contribution in [-0.4, -0.2) is 41.9 Å². The molecule has 10 heteroatoms. The first-order chi connectivity index (χ1) is 11.8. The molecule has 0 radical (unpaired) electrons. The Morgan fingerprint density at radius 2 is 1.80 bits per heavy atom. The van der Waals surface area contributed by atoms with E-state index in [1.165, 1.54) is 31.5 Å². The highest BCUT2D eigenvalue weighted by Gasteiger charge is 2.26. The molecular formula is C15H15BN2O6S. The fourth-order valence-corrected chi connectivity index (χ4v) is 3.75. The van der Waals surface area contributed by atoms with Crippen molar-refractivity contribution in [3.8, 4) is 11.5 Å². The number of ether oxygens (including phenoxy) is 1. The van der Waals surface area contributed by atoms with Crippen molar-refractivity contribution in [2.45, 2.75) is 11.8 Å². The summed E-state index contributed by atoms with van der Waals surface area (Å²) in [6.45, 7) is 1.85. The van der Waals surface area contributed by atoms with E-state index in [2.05, 4.69) is 4.98 Å². The fraction of sp³-hybridized carbons (Fsp3) is 0.133. The molecule has 0 saturated carbocycles. The second kappa shape index (κ2) is 6.39. The molecule has 3 rings (SSSR count). The third kappa shape index (κ3) is 3.06. The number of nitrogens with zero attached hydrogens (tertiary/aromatic N) is 2. The first-order valence-electron chi connectivity index (χ1n) is 7.23. The molecule has 0 fully saturated rings. The van der Waals surface area contributed by atoms with Gasteiger partial charge in [0.1, 0.15) is 16.9 Å². The number of hydrogen-bond acceptors (Lipinski definition) is 7. The number of aromatic nitrogens is 2. The lowest BCUT2D eigenvalue weighted by Gasteiger charge is -2.07. The van der Waals surface area contributed by atoms with E-state index in [-0.39, 0.29) is 21.7 Å². The maximum Gasteiger partial charge on any atom is 0.707 e. The molecule has 0 saturated heterocycles. The second-order valence-corrected chi connectivity index (χ2v) is 7.08. The van der Waals surface area contributed by atoms with Gasteiger partial charge in [0.2, 0.25) is 0 Å². The Hall–Kier alpha value is -2.56. The monoisotopic (exact) mass is 362 g/mol. The van der Waals surface area contributed by atoms with Crippen LogP contribution in [0.5, 0.6) is 11.5 Å². The van der Waals surface area contributed by atoms with Crippen LogP contribution in [0.25, 0.3) is 11.0 Å². The molecule has 2 N–H and O–H groups in total. The van der Waals surface area contributed by atoms with Crippen LogP contribution in [0.1, 0.15) is 5.56 Å². The zero-order valence-corrected chi connectivity index (χ0v) is 14.3. The first kappa shape index (κ1) is 17.3. The summed E-state index contributed by atoms with van der Waals surface area (Å²) in [7, 11) is -4.68. The number of aryl methyl sites for hydroxylation is 1. The van der Waals surface area contributed by atoms with Crippen LogP contribution < -0.4 is 9.39 Å². The Bertz CT molecular complexity index is 1010. The predicted octanol–water partition coefficient (Wildman–Crippen LogP) is 0.939. The van der Waals surface area contributed by atoms with E-state index in [1.54, 1.807) is 12.1 Å². The number of fused-ring (bicyclic) bond motifs is 1. The number of rotatable bonds is 5. The van der Waals surface area contributed by atoms with Crippen molar-refractivity contribution in [2.75, 3.05) is 7.11 Å². The molecule has 130 valence electrons. The van der Waals surface area contributed by atoms with Gasteiger partial charge >= 0.3 is 7.32 Å². The highest BCUT2D eigenvalue weighted by atomic mass is 32.2. The molecule has 0 aliphatic heterocycles. The van der Waals surface area contributed by atoms with E-state index < -0.39 is 17.3 Å². The zero-order valence-electron chi connectivity index (χ0n) is 13.4. The van der Waals surface area contributed by atoms with E-state index in [4.69, 9.17) is 19.4 Å². The maximum absolute atomic E-state index is 13.0. The van der Waals surface area contributed by atoms with Crippen molar-refractivity contribution < 1.29 is 27.9 Å². The van der Waals surface area contributed by atoms with Gasteiger partial charge in [-0.25, -0.2) is 17.4 Å². The number of benzene rings is 1. The maximum atomic E-state index is 13.0. The molecule has 0 aliphatic carbocycles. The number of methoxy groups -OCH3 is 1. The minimum absolute atomic E-state index is 0.0515. The minimum atomic E-state index is -3.97. The largest absolute Gasteiger partial charge is 0.707 e. The van der Waals surface area contributed by atoms with Gasteiger partial charge < -0.3 is 19.4 Å². The van der Waals surface area contributed by atoms with Gasteiger partial charge in [0.05, 0.1) is 18.2 Å². The average Bonchev–Trinajstić information content (AvgIpc) is 2.94. The first-order valence-corrected chi connectivity index (χ1v) is 8.67. The van der Waals surface area contributed by atoms with Crippen LogP contribution in [0.15, 0.2) is 47.6 Å². The lowest BCUT2D eigenvalue weighted by atomic mass is 10.2. The molecule has 0 amide bonds. The van der Waals surface area contributed by atoms with Crippen LogP contribution in [0.2, 0.25) is 0 Å². The summed E-state index contributed by atoms with van der Waals surface area (Å²) < 4.78 is 37.0. The average molecular weight is 362 g/mol. The highest BCUT2D eigenvalue weighted by molar-refractivity contribution is 7.90. The highest BCUT2D eigenvalue weighted by Crippen LogP contribution is 2.36. The van der Waals surface area contributed by atoms with Crippen LogP contribution in [0.3, 0.4) is 0 Å². The van der Waals surface area contributed by atoms with E-state index in [0.29, 0.717) is 5.75 Å². The summed E-state index contributed by atoms with van der Waals surface area (Å²) in [6, 6.07) is 7.85. The molecule has 2 aromatic heterocycles. The third-order valence-corrected chi connectivity index (χ3v) is 5.28. The molecular weight excluding hydrogens is 347 g/mol. The summed E-state index contributed by atoms with van der Waals surface area (Å²) in [5.74, 6) is 0.212. The fourth-order valence-electron chi connectivity index (χ4n) is 2.44. The Balaban J connectivity index is 2.27. The third-order valence-electron chi connectivity index (χ3n) is 3.61. The molecule has 8 nitrogen and oxygen atoms in total. The summed E-state index contributed by atoms with van der Waals surface area (Å²) in [4.78, 5) is 4.15. The lowest BCUT2D eigenvalue weighted by molar-refractivity contribution is 0.289. The van der Waals surface area contributed by atoms with E-state index >= 15 is 0 Å². The zero-order chi connectivity index (χ0) is 18.2. The van der Waals surface area contributed by atoms with Gasteiger partial charge in [0, 0.05) is 6.20 Å². The summed E-state index contributed by atoms with van der Waals surface area (Å²) >= 11 is 0. The lowest BCUT2D eigenvalue weighted by Crippen LogP contribution is -2.20.